The van der Waals surface area contributed by atoms with Crippen LogP contribution in [0.25, 0.3) is 0 Å². The predicted molar refractivity (Wildman–Crippen MR) is 79.8 cm³/mol. The molecule has 1 heterocycles. The van der Waals surface area contributed by atoms with E-state index in [0.29, 0.717) is 5.56 Å². The van der Waals surface area contributed by atoms with Gasteiger partial charge in [-0.3, -0.25) is 4.79 Å². The van der Waals surface area contributed by atoms with E-state index in [1.54, 1.807) is 31.2 Å². The van der Waals surface area contributed by atoms with Crippen LogP contribution in [0, 0.1) is 0 Å². The maximum absolute atomic E-state index is 12.7. The molecule has 0 bridgehead atoms. The number of alkyl halides is 3. The van der Waals surface area contributed by atoms with Crippen LogP contribution in [0.3, 0.4) is 0 Å². The van der Waals surface area contributed by atoms with Gasteiger partial charge in [0.25, 0.3) is 0 Å². The van der Waals surface area contributed by atoms with Crippen molar-refractivity contribution < 1.29 is 18.0 Å². The normalized spacial score (nSPS) is 13.2. The topological polar surface area (TPSA) is 47.8 Å². The molecular weight excluding hydrogens is 383 g/mol. The van der Waals surface area contributed by atoms with Gasteiger partial charge in [-0.25, -0.2) is 0 Å². The molecule has 118 valence electrons. The van der Waals surface area contributed by atoms with Gasteiger partial charge in [0.15, 0.2) is 10.9 Å². The average Bonchev–Trinajstić information content (AvgIpc) is 2.80. The number of ketones is 1. The summed E-state index contributed by atoms with van der Waals surface area (Å²) < 4.78 is 39.7. The van der Waals surface area contributed by atoms with Crippen molar-refractivity contribution in [3.8, 4) is 0 Å². The fraction of sp³-hybridized carbons (Fsp3) is 0.308. The van der Waals surface area contributed by atoms with Crippen LogP contribution in [0.1, 0.15) is 23.1 Å². The maximum atomic E-state index is 12.7. The Kier molecular flexibility index (Phi) is 4.96. The summed E-state index contributed by atoms with van der Waals surface area (Å²) in [5.41, 5.74) is 0.487. The first-order valence-electron chi connectivity index (χ1n) is 6.13. The molecule has 4 nitrogen and oxygen atoms in total. The second-order valence-corrected chi connectivity index (χ2v) is 6.72. The van der Waals surface area contributed by atoms with Gasteiger partial charge in [0, 0.05) is 17.1 Å². The highest BCUT2D eigenvalue weighted by Crippen LogP contribution is 2.31. The SMILES string of the molecule is C[C@@H](Sc1nnc(C(F)(F)F)n1C)C(=O)c1ccc(Br)cc1. The van der Waals surface area contributed by atoms with Crippen LogP contribution >= 0.6 is 27.7 Å². The van der Waals surface area contributed by atoms with Crippen molar-refractivity contribution in [2.75, 3.05) is 0 Å². The lowest BCUT2D eigenvalue weighted by molar-refractivity contribution is -0.147. The number of hydrogen-bond donors (Lipinski definition) is 0. The molecule has 0 radical (unpaired) electrons. The van der Waals surface area contributed by atoms with Crippen LogP contribution in [-0.2, 0) is 13.2 Å². The lowest BCUT2D eigenvalue weighted by Gasteiger charge is -2.10. The van der Waals surface area contributed by atoms with Gasteiger partial charge in [0.2, 0.25) is 5.82 Å². The second-order valence-electron chi connectivity index (χ2n) is 4.49. The van der Waals surface area contributed by atoms with Crippen molar-refractivity contribution in [2.45, 2.75) is 23.5 Å². The number of carbonyl (C=O) groups is 1. The summed E-state index contributed by atoms with van der Waals surface area (Å²) >= 11 is 4.21. The predicted octanol–water partition coefficient (Wildman–Crippen LogP) is 3.96. The minimum Gasteiger partial charge on any atom is -0.302 e. The molecule has 9 heteroatoms. The molecular formula is C13H11BrF3N3OS. The van der Waals surface area contributed by atoms with E-state index in [4.69, 9.17) is 0 Å². The van der Waals surface area contributed by atoms with Gasteiger partial charge in [0.05, 0.1) is 5.25 Å². The Hall–Kier alpha value is -1.35. The number of Topliss-reactive ketones (excluding diaryl/α,β-unsaturated/α-hetero) is 1. The number of halogens is 4. The van der Waals surface area contributed by atoms with E-state index >= 15 is 0 Å². The fourth-order valence-corrected chi connectivity index (χ4v) is 2.88. The lowest BCUT2D eigenvalue weighted by atomic mass is 10.1. The number of carbonyl (C=O) groups excluding carboxylic acids is 1. The van der Waals surface area contributed by atoms with Gasteiger partial charge in [0.1, 0.15) is 0 Å². The number of rotatable bonds is 4. The highest BCUT2D eigenvalue weighted by Gasteiger charge is 2.37. The van der Waals surface area contributed by atoms with Crippen LogP contribution in [0.4, 0.5) is 13.2 Å². The summed E-state index contributed by atoms with van der Waals surface area (Å²) in [6.07, 6.45) is -4.57. The molecule has 0 aliphatic rings. The van der Waals surface area contributed by atoms with E-state index in [2.05, 4.69) is 26.1 Å². The van der Waals surface area contributed by atoms with Crippen molar-refractivity contribution >= 4 is 33.5 Å². The van der Waals surface area contributed by atoms with E-state index in [1.807, 2.05) is 0 Å². The minimum atomic E-state index is -4.57. The number of benzene rings is 1. The van der Waals surface area contributed by atoms with Crippen LogP contribution in [-0.4, -0.2) is 25.8 Å². The third-order valence-corrected chi connectivity index (χ3v) is 4.53. The molecule has 0 aliphatic carbocycles. The molecule has 0 spiro atoms. The summed E-state index contributed by atoms with van der Waals surface area (Å²) in [7, 11) is 1.22. The Morgan fingerprint density at radius 1 is 1.27 bits per heavy atom. The monoisotopic (exact) mass is 393 g/mol. The molecule has 2 aromatic rings. The Morgan fingerprint density at radius 2 is 1.86 bits per heavy atom. The van der Waals surface area contributed by atoms with E-state index < -0.39 is 17.3 Å². The summed E-state index contributed by atoms with van der Waals surface area (Å²) in [5.74, 6) is -1.27. The molecule has 1 atom stereocenters. The first-order valence-corrected chi connectivity index (χ1v) is 7.80. The molecule has 0 fully saturated rings. The average molecular weight is 394 g/mol. The third-order valence-electron chi connectivity index (χ3n) is 2.87. The maximum Gasteiger partial charge on any atom is 0.451 e. The summed E-state index contributed by atoms with van der Waals surface area (Å²) in [4.78, 5) is 12.3. The van der Waals surface area contributed by atoms with E-state index in [-0.39, 0.29) is 10.9 Å². The van der Waals surface area contributed by atoms with Crippen LogP contribution in [0.5, 0.6) is 0 Å². The van der Waals surface area contributed by atoms with Gasteiger partial charge in [-0.05, 0) is 19.1 Å². The molecule has 22 heavy (non-hydrogen) atoms. The molecule has 1 aromatic carbocycles. The zero-order valence-electron chi connectivity index (χ0n) is 11.6. The molecule has 0 saturated heterocycles. The van der Waals surface area contributed by atoms with Crippen molar-refractivity contribution in [3.05, 3.63) is 40.1 Å². The van der Waals surface area contributed by atoms with Gasteiger partial charge in [-0.1, -0.05) is 39.8 Å². The Morgan fingerprint density at radius 3 is 2.36 bits per heavy atom. The molecule has 0 saturated carbocycles. The van der Waals surface area contributed by atoms with Gasteiger partial charge in [-0.2, -0.15) is 13.2 Å². The van der Waals surface area contributed by atoms with E-state index in [0.717, 1.165) is 20.8 Å². The van der Waals surface area contributed by atoms with Gasteiger partial charge >= 0.3 is 6.18 Å². The standard InChI is InChI=1S/C13H11BrF3N3OS/c1-7(10(21)8-3-5-9(14)6-4-8)22-12-19-18-11(20(12)2)13(15,16)17/h3-7H,1-2H3/t7-/m1/s1. The number of thioether (sulfide) groups is 1. The largest absolute Gasteiger partial charge is 0.451 e. The van der Waals surface area contributed by atoms with Gasteiger partial charge in [-0.15, -0.1) is 10.2 Å². The van der Waals surface area contributed by atoms with Gasteiger partial charge < -0.3 is 4.57 Å². The number of nitrogens with zero attached hydrogens (tertiary/aromatic N) is 3. The second kappa shape index (κ2) is 6.41. The molecule has 1 aromatic heterocycles. The molecule has 0 amide bonds. The smallest absolute Gasteiger partial charge is 0.302 e. The molecule has 0 N–H and O–H groups in total. The Labute approximate surface area is 137 Å². The zero-order chi connectivity index (χ0) is 16.5. The van der Waals surface area contributed by atoms with Crippen LogP contribution in [0.15, 0.2) is 33.9 Å². The van der Waals surface area contributed by atoms with E-state index in [1.165, 1.54) is 7.05 Å². The third kappa shape index (κ3) is 3.70. The van der Waals surface area contributed by atoms with Crippen LogP contribution in [0.2, 0.25) is 0 Å². The van der Waals surface area contributed by atoms with Crippen molar-refractivity contribution in [1.29, 1.82) is 0 Å². The first-order chi connectivity index (χ1) is 10.2. The van der Waals surface area contributed by atoms with Crippen molar-refractivity contribution in [2.24, 2.45) is 7.05 Å². The highest BCUT2D eigenvalue weighted by atomic mass is 79.9. The van der Waals surface area contributed by atoms with Crippen LogP contribution < -0.4 is 0 Å². The lowest BCUT2D eigenvalue weighted by Crippen LogP contribution is -2.16. The molecule has 2 rings (SSSR count). The summed E-state index contributed by atoms with van der Waals surface area (Å²) in [6.45, 7) is 1.62. The van der Waals surface area contributed by atoms with E-state index in [9.17, 15) is 18.0 Å². The van der Waals surface area contributed by atoms with Crippen molar-refractivity contribution in [1.82, 2.24) is 14.8 Å². The zero-order valence-corrected chi connectivity index (χ0v) is 14.0. The Balaban J connectivity index is 2.15. The highest BCUT2D eigenvalue weighted by molar-refractivity contribution is 9.10. The number of hydrogen-bond acceptors (Lipinski definition) is 4. The molecule has 0 aliphatic heterocycles. The fourth-order valence-electron chi connectivity index (χ4n) is 1.72. The summed E-state index contributed by atoms with van der Waals surface area (Å²) in [5, 5.41) is 6.11. The van der Waals surface area contributed by atoms with Crippen molar-refractivity contribution in [3.63, 3.8) is 0 Å². The quantitative estimate of drug-likeness (QED) is 0.582. The minimum absolute atomic E-state index is 0.0466. The first kappa shape index (κ1) is 17.0. The Bertz CT molecular complexity index is 685. The molecule has 0 unspecified atom stereocenters. The summed E-state index contributed by atoms with van der Waals surface area (Å²) in [6, 6.07) is 6.77. The number of aromatic nitrogens is 3.